The molecule has 2 aromatic rings. The van der Waals surface area contributed by atoms with Gasteiger partial charge < -0.3 is 16.8 Å². The first-order valence-electron chi connectivity index (χ1n) is 10.3. The Balaban J connectivity index is 1.79. The van der Waals surface area contributed by atoms with Gasteiger partial charge in [0.15, 0.2) is 5.65 Å². The average molecular weight is 413 g/mol. The van der Waals surface area contributed by atoms with Crippen LogP contribution in [0.15, 0.2) is 18.5 Å². The predicted molar refractivity (Wildman–Crippen MR) is 112 cm³/mol. The molecule has 3 heterocycles. The Morgan fingerprint density at radius 1 is 1.30 bits per heavy atom. The zero-order chi connectivity index (χ0) is 21.3. The molecule has 1 aliphatic heterocycles. The lowest BCUT2D eigenvalue weighted by Gasteiger charge is -2.25. The van der Waals surface area contributed by atoms with E-state index in [9.17, 15) is 9.59 Å². The maximum Gasteiger partial charge on any atom is 0.257 e. The number of aryl methyl sites for hydroxylation is 1. The first kappa shape index (κ1) is 20.1. The first-order chi connectivity index (χ1) is 14.4. The van der Waals surface area contributed by atoms with Crippen LogP contribution in [0.2, 0.25) is 0 Å². The summed E-state index contributed by atoms with van der Waals surface area (Å²) in [5.74, 6) is -1.48. The van der Waals surface area contributed by atoms with Crippen molar-refractivity contribution >= 4 is 34.2 Å². The summed E-state index contributed by atoms with van der Waals surface area (Å²) >= 11 is 0. The fourth-order valence-electron chi connectivity index (χ4n) is 4.19. The molecule has 4 rings (SSSR count). The third kappa shape index (κ3) is 3.58. The number of anilines is 1. The molecule has 0 saturated heterocycles. The molecule has 6 N–H and O–H groups in total. The lowest BCUT2D eigenvalue weighted by Crippen LogP contribution is -2.46. The van der Waals surface area contributed by atoms with E-state index in [1.165, 1.54) is 25.3 Å². The molecule has 1 aliphatic carbocycles. The fraction of sp³-hybridized carbons (Fsp3) is 0.500. The number of hydrogen-bond donors (Lipinski definition) is 4. The van der Waals surface area contributed by atoms with Crippen LogP contribution in [0, 0.1) is 0 Å². The number of carbonyl (C=O) groups excluding carboxylic acids is 2. The number of pyridine rings is 1. The van der Waals surface area contributed by atoms with E-state index < -0.39 is 17.4 Å². The molecule has 0 bridgehead atoms. The summed E-state index contributed by atoms with van der Waals surface area (Å²) in [6.45, 7) is 2.71. The van der Waals surface area contributed by atoms with Gasteiger partial charge in [-0.25, -0.2) is 9.67 Å². The van der Waals surface area contributed by atoms with E-state index in [-0.39, 0.29) is 6.42 Å². The Kier molecular flexibility index (Phi) is 5.33. The van der Waals surface area contributed by atoms with Crippen LogP contribution < -0.4 is 22.3 Å². The number of primary amides is 2. The van der Waals surface area contributed by atoms with E-state index in [0.717, 1.165) is 35.1 Å². The van der Waals surface area contributed by atoms with Crippen molar-refractivity contribution < 1.29 is 14.4 Å². The Morgan fingerprint density at radius 3 is 2.73 bits per heavy atom. The largest absolute Gasteiger partial charge is 0.381 e. The second-order valence-corrected chi connectivity index (χ2v) is 7.88. The highest BCUT2D eigenvalue weighted by Crippen LogP contribution is 2.36. The third-order valence-corrected chi connectivity index (χ3v) is 5.78. The number of nitrogens with one attached hydrogen (secondary N) is 2. The van der Waals surface area contributed by atoms with E-state index >= 15 is 0 Å². The van der Waals surface area contributed by atoms with Crippen LogP contribution in [0.5, 0.6) is 0 Å². The zero-order valence-electron chi connectivity index (χ0n) is 17.0. The van der Waals surface area contributed by atoms with Gasteiger partial charge in [0.2, 0.25) is 11.5 Å². The Labute approximate surface area is 174 Å². The van der Waals surface area contributed by atoms with Gasteiger partial charge in [0.25, 0.3) is 5.91 Å². The van der Waals surface area contributed by atoms with E-state index in [1.807, 2.05) is 11.6 Å². The minimum atomic E-state index is -1.63. The van der Waals surface area contributed by atoms with Crippen LogP contribution in [-0.2, 0) is 21.0 Å². The summed E-state index contributed by atoms with van der Waals surface area (Å²) in [5.41, 5.74) is 14.8. The number of fused-ring (bicyclic) bond motifs is 1. The molecule has 0 spiro atoms. The Morgan fingerprint density at radius 2 is 2.07 bits per heavy atom. The highest BCUT2D eigenvalue weighted by Gasteiger charge is 2.43. The topological polar surface area (TPSA) is 150 Å². The standard InChI is InChI=1S/C20H27N7O3/c1-2-27-18-14(11-24-27)17(25-12-6-4-3-5-7-12)13(10-23-18)15-8-20(19(22)29,30-26-15)9-16(21)28/h8,10-12,26H,2-7,9H2,1H3,(H2,21,28)(H2,22,29)(H,23,25)/t20-/m1/s1. The lowest BCUT2D eigenvalue weighted by atomic mass is 9.94. The Bertz CT molecular complexity index is 1010. The van der Waals surface area contributed by atoms with Gasteiger partial charge in [-0.2, -0.15) is 5.10 Å². The third-order valence-electron chi connectivity index (χ3n) is 5.78. The normalized spacial score (nSPS) is 22.0. The van der Waals surface area contributed by atoms with Crippen molar-refractivity contribution in [2.24, 2.45) is 11.5 Å². The molecule has 2 aromatic heterocycles. The number of nitrogens with zero attached hydrogens (tertiary/aromatic N) is 3. The van der Waals surface area contributed by atoms with Crippen LogP contribution in [-0.4, -0.2) is 38.2 Å². The molecule has 160 valence electrons. The summed E-state index contributed by atoms with van der Waals surface area (Å²) in [4.78, 5) is 33.6. The van der Waals surface area contributed by atoms with Gasteiger partial charge in [0.05, 0.1) is 29.4 Å². The molecule has 1 atom stereocenters. The quantitative estimate of drug-likeness (QED) is 0.532. The van der Waals surface area contributed by atoms with Crippen LogP contribution in [0.25, 0.3) is 16.7 Å². The zero-order valence-corrected chi connectivity index (χ0v) is 17.0. The van der Waals surface area contributed by atoms with Crippen molar-refractivity contribution in [1.29, 1.82) is 0 Å². The number of nitrogens with two attached hydrogens (primary N) is 2. The average Bonchev–Trinajstić information content (AvgIpc) is 3.33. The summed E-state index contributed by atoms with van der Waals surface area (Å²) in [6, 6.07) is 0.336. The minimum Gasteiger partial charge on any atom is -0.381 e. The number of hydroxylamine groups is 1. The van der Waals surface area contributed by atoms with Gasteiger partial charge in [-0.05, 0) is 25.8 Å². The van der Waals surface area contributed by atoms with Crippen molar-refractivity contribution in [2.45, 2.75) is 63.6 Å². The highest BCUT2D eigenvalue weighted by molar-refractivity contribution is 5.98. The second-order valence-electron chi connectivity index (χ2n) is 7.88. The highest BCUT2D eigenvalue weighted by atomic mass is 16.7. The summed E-state index contributed by atoms with van der Waals surface area (Å²) < 4.78 is 1.83. The molecule has 2 amide bonds. The van der Waals surface area contributed by atoms with E-state index in [1.54, 1.807) is 12.4 Å². The van der Waals surface area contributed by atoms with E-state index in [0.29, 0.717) is 18.3 Å². The Hall–Kier alpha value is -3.14. The van der Waals surface area contributed by atoms with Gasteiger partial charge in [0.1, 0.15) is 0 Å². The fourth-order valence-corrected chi connectivity index (χ4v) is 4.19. The minimum absolute atomic E-state index is 0.336. The van der Waals surface area contributed by atoms with Crippen molar-refractivity contribution in [3.63, 3.8) is 0 Å². The molecular formula is C20H27N7O3. The molecular weight excluding hydrogens is 386 g/mol. The van der Waals surface area contributed by atoms with Crippen molar-refractivity contribution in [3.05, 3.63) is 24.0 Å². The van der Waals surface area contributed by atoms with Gasteiger partial charge in [0, 0.05) is 24.3 Å². The van der Waals surface area contributed by atoms with Crippen LogP contribution >= 0.6 is 0 Å². The molecule has 10 nitrogen and oxygen atoms in total. The smallest absolute Gasteiger partial charge is 0.257 e. The number of hydrogen-bond acceptors (Lipinski definition) is 7. The lowest BCUT2D eigenvalue weighted by molar-refractivity contribution is -0.145. The molecule has 2 aliphatic rings. The van der Waals surface area contributed by atoms with Gasteiger partial charge in [-0.3, -0.25) is 19.9 Å². The molecule has 10 heteroatoms. The van der Waals surface area contributed by atoms with Crippen LogP contribution in [0.1, 0.15) is 51.0 Å². The van der Waals surface area contributed by atoms with Crippen LogP contribution in [0.3, 0.4) is 0 Å². The van der Waals surface area contributed by atoms with Crippen molar-refractivity contribution in [2.75, 3.05) is 5.32 Å². The molecule has 0 aromatic carbocycles. The first-order valence-corrected chi connectivity index (χ1v) is 10.3. The predicted octanol–water partition coefficient (Wildman–Crippen LogP) is 1.17. The SMILES string of the molecule is CCn1ncc2c(NC3CCCCC3)c(C3=C[C@@](CC(N)=O)(C(N)=O)ON3)cnc21. The van der Waals surface area contributed by atoms with Crippen molar-refractivity contribution in [3.8, 4) is 0 Å². The summed E-state index contributed by atoms with van der Waals surface area (Å²) in [7, 11) is 0. The van der Waals surface area contributed by atoms with Crippen molar-refractivity contribution in [1.82, 2.24) is 20.2 Å². The van der Waals surface area contributed by atoms with Gasteiger partial charge in [-0.15, -0.1) is 0 Å². The van der Waals surface area contributed by atoms with Gasteiger partial charge in [-0.1, -0.05) is 19.3 Å². The monoisotopic (exact) mass is 413 g/mol. The maximum absolute atomic E-state index is 12.1. The van der Waals surface area contributed by atoms with E-state index in [4.69, 9.17) is 16.3 Å². The molecule has 0 unspecified atom stereocenters. The molecule has 30 heavy (non-hydrogen) atoms. The number of rotatable bonds is 7. The van der Waals surface area contributed by atoms with E-state index in [2.05, 4.69) is 20.9 Å². The second kappa shape index (κ2) is 7.94. The summed E-state index contributed by atoms with van der Waals surface area (Å²) in [6.07, 6.45) is 10.5. The number of amides is 2. The summed E-state index contributed by atoms with van der Waals surface area (Å²) in [5, 5.41) is 8.99. The maximum atomic E-state index is 12.1. The molecule has 1 saturated carbocycles. The molecule has 0 radical (unpaired) electrons. The number of aromatic nitrogens is 3. The van der Waals surface area contributed by atoms with Gasteiger partial charge >= 0.3 is 0 Å². The van der Waals surface area contributed by atoms with Crippen LogP contribution in [0.4, 0.5) is 5.69 Å². The number of carbonyl (C=O) groups is 2. The molecule has 1 fully saturated rings.